The fourth-order valence-corrected chi connectivity index (χ4v) is 0.874. The number of rotatable bonds is 1. The van der Waals surface area contributed by atoms with Gasteiger partial charge in [0.25, 0.3) is 0 Å². The fourth-order valence-electron chi connectivity index (χ4n) is 0.874. The highest BCUT2D eigenvalue weighted by Crippen LogP contribution is 2.11. The van der Waals surface area contributed by atoms with Gasteiger partial charge in [0.15, 0.2) is 0 Å². The predicted molar refractivity (Wildman–Crippen MR) is 30.1 cm³/mol. The SMILES string of the molecule is C[C@@H]1NC(=O)[C@H]1CN. The van der Waals surface area contributed by atoms with Crippen molar-refractivity contribution < 1.29 is 4.79 Å². The van der Waals surface area contributed by atoms with E-state index in [9.17, 15) is 4.79 Å². The number of carbonyl (C=O) groups excluding carboxylic acids is 1. The van der Waals surface area contributed by atoms with Gasteiger partial charge < -0.3 is 11.1 Å². The van der Waals surface area contributed by atoms with Crippen molar-refractivity contribution in [2.45, 2.75) is 13.0 Å². The Hall–Kier alpha value is -0.570. The van der Waals surface area contributed by atoms with Gasteiger partial charge >= 0.3 is 0 Å². The van der Waals surface area contributed by atoms with E-state index >= 15 is 0 Å². The molecule has 0 saturated carbocycles. The van der Waals surface area contributed by atoms with Crippen LogP contribution >= 0.6 is 0 Å². The molecule has 2 atom stereocenters. The van der Waals surface area contributed by atoms with Gasteiger partial charge in [-0.05, 0) is 6.92 Å². The Morgan fingerprint density at radius 3 is 2.62 bits per heavy atom. The van der Waals surface area contributed by atoms with Crippen molar-refractivity contribution >= 4 is 5.91 Å². The first-order valence-electron chi connectivity index (χ1n) is 2.76. The van der Waals surface area contributed by atoms with E-state index in [4.69, 9.17) is 5.73 Å². The molecule has 1 heterocycles. The van der Waals surface area contributed by atoms with Crippen LogP contribution in [0.15, 0.2) is 0 Å². The van der Waals surface area contributed by atoms with E-state index in [1.807, 2.05) is 6.92 Å². The first-order chi connectivity index (χ1) is 3.75. The maximum absolute atomic E-state index is 10.5. The molecule has 0 unspecified atom stereocenters. The summed E-state index contributed by atoms with van der Waals surface area (Å²) in [4.78, 5) is 10.5. The zero-order chi connectivity index (χ0) is 6.15. The second-order valence-electron chi connectivity index (χ2n) is 2.14. The number of nitrogens with two attached hydrogens (primary N) is 1. The average molecular weight is 114 g/mol. The van der Waals surface area contributed by atoms with Crippen LogP contribution in [-0.2, 0) is 4.79 Å². The number of hydrogen-bond acceptors (Lipinski definition) is 2. The Bertz CT molecular complexity index is 113. The molecule has 1 aliphatic rings. The van der Waals surface area contributed by atoms with E-state index in [1.54, 1.807) is 0 Å². The highest BCUT2D eigenvalue weighted by molar-refractivity contribution is 5.85. The molecule has 0 aromatic rings. The van der Waals surface area contributed by atoms with Crippen molar-refractivity contribution in [3.63, 3.8) is 0 Å². The molecule has 1 fully saturated rings. The highest BCUT2D eigenvalue weighted by Gasteiger charge is 2.33. The lowest BCUT2D eigenvalue weighted by atomic mass is 9.92. The maximum atomic E-state index is 10.5. The highest BCUT2D eigenvalue weighted by atomic mass is 16.2. The molecule has 3 N–H and O–H groups in total. The van der Waals surface area contributed by atoms with E-state index in [1.165, 1.54) is 0 Å². The van der Waals surface area contributed by atoms with Gasteiger partial charge in [-0.2, -0.15) is 0 Å². The molecule has 0 aliphatic carbocycles. The normalized spacial score (nSPS) is 36.0. The molecule has 1 rings (SSSR count). The van der Waals surface area contributed by atoms with E-state index in [0.717, 1.165) is 0 Å². The zero-order valence-electron chi connectivity index (χ0n) is 4.85. The summed E-state index contributed by atoms with van der Waals surface area (Å²) in [5.41, 5.74) is 5.25. The lowest BCUT2D eigenvalue weighted by molar-refractivity contribution is -0.133. The van der Waals surface area contributed by atoms with Gasteiger partial charge in [0.2, 0.25) is 5.91 Å². The van der Waals surface area contributed by atoms with Crippen LogP contribution in [0.4, 0.5) is 0 Å². The second-order valence-corrected chi connectivity index (χ2v) is 2.14. The van der Waals surface area contributed by atoms with Crippen LogP contribution in [0.2, 0.25) is 0 Å². The van der Waals surface area contributed by atoms with Gasteiger partial charge in [-0.3, -0.25) is 4.79 Å². The van der Waals surface area contributed by atoms with Gasteiger partial charge in [-0.15, -0.1) is 0 Å². The maximum Gasteiger partial charge on any atom is 0.226 e. The summed E-state index contributed by atoms with van der Waals surface area (Å²) in [5, 5.41) is 2.69. The number of hydrogen-bond donors (Lipinski definition) is 2. The summed E-state index contributed by atoms with van der Waals surface area (Å²) in [6.45, 7) is 2.44. The molecular weight excluding hydrogens is 104 g/mol. The van der Waals surface area contributed by atoms with Crippen molar-refractivity contribution in [3.8, 4) is 0 Å². The molecule has 0 aromatic carbocycles. The van der Waals surface area contributed by atoms with E-state index in [-0.39, 0.29) is 11.8 Å². The Labute approximate surface area is 48.2 Å². The molecule has 0 aromatic heterocycles. The minimum atomic E-state index is 0.0787. The molecule has 0 bridgehead atoms. The smallest absolute Gasteiger partial charge is 0.226 e. The summed E-state index contributed by atoms with van der Waals surface area (Å²) >= 11 is 0. The average Bonchev–Trinajstić information content (AvgIpc) is 1.67. The van der Waals surface area contributed by atoms with Gasteiger partial charge in [-0.1, -0.05) is 0 Å². The molecule has 0 spiro atoms. The lowest BCUT2D eigenvalue weighted by Crippen LogP contribution is -2.59. The third kappa shape index (κ3) is 0.591. The minimum Gasteiger partial charge on any atom is -0.352 e. The zero-order valence-corrected chi connectivity index (χ0v) is 4.85. The van der Waals surface area contributed by atoms with Gasteiger partial charge in [-0.25, -0.2) is 0 Å². The van der Waals surface area contributed by atoms with Crippen LogP contribution in [0, 0.1) is 5.92 Å². The Morgan fingerprint density at radius 2 is 2.50 bits per heavy atom. The number of carbonyl (C=O) groups is 1. The number of nitrogens with one attached hydrogen (secondary N) is 1. The predicted octanol–water partition coefficient (Wildman–Crippen LogP) is -0.920. The summed E-state index contributed by atoms with van der Waals surface area (Å²) in [5.74, 6) is 0.176. The summed E-state index contributed by atoms with van der Waals surface area (Å²) in [6, 6.07) is 0.299. The molecular formula is C5H10N2O. The summed E-state index contributed by atoms with van der Waals surface area (Å²) in [7, 11) is 0. The van der Waals surface area contributed by atoms with Crippen LogP contribution < -0.4 is 11.1 Å². The van der Waals surface area contributed by atoms with E-state index < -0.39 is 0 Å². The second kappa shape index (κ2) is 1.74. The molecule has 1 saturated heterocycles. The Morgan fingerprint density at radius 1 is 1.88 bits per heavy atom. The van der Waals surface area contributed by atoms with Crippen molar-refractivity contribution in [1.29, 1.82) is 0 Å². The molecule has 1 aliphatic heterocycles. The van der Waals surface area contributed by atoms with Crippen molar-refractivity contribution in [1.82, 2.24) is 5.32 Å². The monoisotopic (exact) mass is 114 g/mol. The first kappa shape index (κ1) is 5.56. The van der Waals surface area contributed by atoms with Crippen LogP contribution in [-0.4, -0.2) is 18.5 Å². The van der Waals surface area contributed by atoms with Crippen LogP contribution in [0.25, 0.3) is 0 Å². The topological polar surface area (TPSA) is 55.1 Å². The molecule has 46 valence electrons. The van der Waals surface area contributed by atoms with Crippen LogP contribution in [0.3, 0.4) is 0 Å². The number of β-lactam (4-membered cyclic amide) rings is 1. The molecule has 3 nitrogen and oxygen atoms in total. The third-order valence-corrected chi connectivity index (χ3v) is 1.56. The summed E-state index contributed by atoms with van der Waals surface area (Å²) < 4.78 is 0. The number of amides is 1. The van der Waals surface area contributed by atoms with Crippen molar-refractivity contribution in [2.24, 2.45) is 11.7 Å². The van der Waals surface area contributed by atoms with Crippen molar-refractivity contribution in [3.05, 3.63) is 0 Å². The van der Waals surface area contributed by atoms with Gasteiger partial charge in [0, 0.05) is 12.6 Å². The molecule has 0 radical (unpaired) electrons. The largest absolute Gasteiger partial charge is 0.352 e. The summed E-state index contributed by atoms with van der Waals surface area (Å²) in [6.07, 6.45) is 0. The van der Waals surface area contributed by atoms with E-state index in [0.29, 0.717) is 12.6 Å². The fraction of sp³-hybridized carbons (Fsp3) is 0.800. The van der Waals surface area contributed by atoms with E-state index in [2.05, 4.69) is 5.32 Å². The Balaban J connectivity index is 2.40. The molecule has 3 heteroatoms. The van der Waals surface area contributed by atoms with Gasteiger partial charge in [0.1, 0.15) is 0 Å². The van der Waals surface area contributed by atoms with Crippen molar-refractivity contribution in [2.75, 3.05) is 6.54 Å². The molecule has 8 heavy (non-hydrogen) atoms. The van der Waals surface area contributed by atoms with Crippen LogP contribution in [0.5, 0.6) is 0 Å². The minimum absolute atomic E-state index is 0.0787. The Kier molecular flexibility index (Phi) is 1.21. The molecule has 1 amide bonds. The first-order valence-corrected chi connectivity index (χ1v) is 2.76. The third-order valence-electron chi connectivity index (χ3n) is 1.56. The lowest BCUT2D eigenvalue weighted by Gasteiger charge is -2.32. The van der Waals surface area contributed by atoms with Crippen LogP contribution in [0.1, 0.15) is 6.92 Å². The quantitative estimate of drug-likeness (QED) is 0.433. The van der Waals surface area contributed by atoms with Gasteiger partial charge in [0.05, 0.1) is 5.92 Å². The standard InChI is InChI=1S/C5H10N2O/c1-3-4(2-6)5(8)7-3/h3-4H,2,6H2,1H3,(H,7,8)/t3-,4-/m0/s1.